The topological polar surface area (TPSA) is 49.4 Å². The van der Waals surface area contributed by atoms with E-state index in [1.165, 1.54) is 17.1 Å². The lowest BCUT2D eigenvalue weighted by atomic mass is 10.3. The molecule has 4 nitrogen and oxygen atoms in total. The van der Waals surface area contributed by atoms with Gasteiger partial charge in [0, 0.05) is 19.1 Å². The number of hydrogen-bond acceptors (Lipinski definition) is 3. The van der Waals surface area contributed by atoms with Crippen LogP contribution in [0.4, 0.5) is 0 Å². The zero-order chi connectivity index (χ0) is 13.6. The van der Waals surface area contributed by atoms with Crippen molar-refractivity contribution in [2.45, 2.75) is 45.6 Å². The molecule has 1 aliphatic carbocycles. The molecular formula is C13H26N2O2S. The first-order valence-corrected chi connectivity index (χ1v) is 8.42. The van der Waals surface area contributed by atoms with Gasteiger partial charge in [-0.25, -0.2) is 8.42 Å². The van der Waals surface area contributed by atoms with Gasteiger partial charge in [0.15, 0.2) is 0 Å². The monoisotopic (exact) mass is 274 g/mol. The normalized spacial score (nSPS) is 16.2. The van der Waals surface area contributed by atoms with E-state index in [-0.39, 0.29) is 5.75 Å². The fourth-order valence-electron chi connectivity index (χ4n) is 1.84. The number of unbranched alkanes of at least 4 members (excludes halogenated alkanes) is 1. The van der Waals surface area contributed by atoms with Crippen molar-refractivity contribution in [1.82, 2.24) is 9.62 Å². The summed E-state index contributed by atoms with van der Waals surface area (Å²) in [5, 5.41) is 3.40. The molecule has 106 valence electrons. The molecule has 0 heterocycles. The van der Waals surface area contributed by atoms with Crippen molar-refractivity contribution >= 4 is 10.0 Å². The van der Waals surface area contributed by atoms with Crippen molar-refractivity contribution < 1.29 is 8.42 Å². The highest BCUT2D eigenvalue weighted by atomic mass is 32.2. The molecule has 1 N–H and O–H groups in total. The highest BCUT2D eigenvalue weighted by Crippen LogP contribution is 2.18. The summed E-state index contributed by atoms with van der Waals surface area (Å²) in [7, 11) is -3.11. The first-order valence-electron chi connectivity index (χ1n) is 6.81. The summed E-state index contributed by atoms with van der Waals surface area (Å²) in [4.78, 5) is 0. The quantitative estimate of drug-likeness (QED) is 0.488. The third-order valence-corrected chi connectivity index (χ3v) is 5.01. The maximum Gasteiger partial charge on any atom is 0.214 e. The van der Waals surface area contributed by atoms with Gasteiger partial charge in [0.2, 0.25) is 10.0 Å². The van der Waals surface area contributed by atoms with Gasteiger partial charge >= 0.3 is 0 Å². The molecule has 5 heteroatoms. The van der Waals surface area contributed by atoms with Crippen LogP contribution in [-0.2, 0) is 10.0 Å². The minimum atomic E-state index is -3.11. The van der Waals surface area contributed by atoms with Crippen LogP contribution in [0, 0.1) is 0 Å². The second kappa shape index (κ2) is 7.26. The standard InChI is InChI=1S/C13H26N2O2S/c1-4-15(11-12(2)3)18(16,17)10-6-5-9-14-13-7-8-13/h13-14H,2,4-11H2,1,3H3. The van der Waals surface area contributed by atoms with Gasteiger partial charge in [-0.15, -0.1) is 0 Å². The summed E-state index contributed by atoms with van der Waals surface area (Å²) in [6, 6.07) is 0.706. The van der Waals surface area contributed by atoms with E-state index in [1.54, 1.807) is 0 Å². The van der Waals surface area contributed by atoms with Gasteiger partial charge in [0.25, 0.3) is 0 Å². The van der Waals surface area contributed by atoms with Gasteiger partial charge in [0.05, 0.1) is 5.75 Å². The van der Waals surface area contributed by atoms with E-state index in [0.717, 1.165) is 25.0 Å². The maximum absolute atomic E-state index is 12.1. The van der Waals surface area contributed by atoms with Crippen molar-refractivity contribution in [2.75, 3.05) is 25.4 Å². The summed E-state index contributed by atoms with van der Waals surface area (Å²) >= 11 is 0. The van der Waals surface area contributed by atoms with Gasteiger partial charge in [-0.3, -0.25) is 0 Å². The zero-order valence-electron chi connectivity index (χ0n) is 11.6. The minimum absolute atomic E-state index is 0.250. The maximum atomic E-state index is 12.1. The molecule has 1 saturated carbocycles. The third kappa shape index (κ3) is 5.98. The Labute approximate surface area is 111 Å². The van der Waals surface area contributed by atoms with Crippen LogP contribution in [-0.4, -0.2) is 44.2 Å². The lowest BCUT2D eigenvalue weighted by Crippen LogP contribution is -2.34. The predicted molar refractivity (Wildman–Crippen MR) is 76.1 cm³/mol. The van der Waals surface area contributed by atoms with Gasteiger partial charge in [-0.05, 0) is 39.2 Å². The van der Waals surface area contributed by atoms with Crippen molar-refractivity contribution in [3.05, 3.63) is 12.2 Å². The Bertz CT molecular complexity index is 361. The Kier molecular flexibility index (Phi) is 6.32. The molecule has 0 bridgehead atoms. The number of nitrogens with one attached hydrogen (secondary N) is 1. The van der Waals surface area contributed by atoms with E-state index in [2.05, 4.69) is 11.9 Å². The molecule has 0 atom stereocenters. The molecule has 0 aromatic rings. The predicted octanol–water partition coefficient (Wildman–Crippen LogP) is 1.75. The van der Waals surface area contributed by atoms with Crippen molar-refractivity contribution in [3.8, 4) is 0 Å². The molecule has 0 spiro atoms. The fraction of sp³-hybridized carbons (Fsp3) is 0.846. The van der Waals surface area contributed by atoms with Gasteiger partial charge in [0.1, 0.15) is 0 Å². The number of nitrogens with zero attached hydrogens (tertiary/aromatic N) is 1. The number of sulfonamides is 1. The van der Waals surface area contributed by atoms with Crippen LogP contribution in [0.1, 0.15) is 39.5 Å². The number of likely N-dealkylation sites (N-methyl/N-ethyl adjacent to an activating group) is 1. The van der Waals surface area contributed by atoms with Gasteiger partial charge in [-0.2, -0.15) is 4.31 Å². The first-order chi connectivity index (χ1) is 8.45. The molecule has 1 aliphatic rings. The molecule has 0 aromatic heterocycles. The Morgan fingerprint density at radius 3 is 2.56 bits per heavy atom. The van der Waals surface area contributed by atoms with Crippen molar-refractivity contribution in [3.63, 3.8) is 0 Å². The van der Waals surface area contributed by atoms with Gasteiger partial charge in [-0.1, -0.05) is 19.1 Å². The minimum Gasteiger partial charge on any atom is -0.314 e. The van der Waals surface area contributed by atoms with Crippen LogP contribution in [0.5, 0.6) is 0 Å². The Morgan fingerprint density at radius 2 is 2.06 bits per heavy atom. The van der Waals surface area contributed by atoms with Crippen LogP contribution in [0.2, 0.25) is 0 Å². The summed E-state index contributed by atoms with van der Waals surface area (Å²) in [5.74, 6) is 0.250. The van der Waals surface area contributed by atoms with E-state index < -0.39 is 10.0 Å². The van der Waals surface area contributed by atoms with E-state index in [4.69, 9.17) is 0 Å². The Morgan fingerprint density at radius 1 is 1.39 bits per heavy atom. The molecular weight excluding hydrogens is 248 g/mol. The number of hydrogen-bond donors (Lipinski definition) is 1. The van der Waals surface area contributed by atoms with E-state index >= 15 is 0 Å². The fourth-order valence-corrected chi connectivity index (χ4v) is 3.48. The van der Waals surface area contributed by atoms with Crippen molar-refractivity contribution in [1.29, 1.82) is 0 Å². The van der Waals surface area contributed by atoms with Gasteiger partial charge < -0.3 is 5.32 Å². The molecule has 0 aromatic carbocycles. The molecule has 0 radical (unpaired) electrons. The summed E-state index contributed by atoms with van der Waals surface area (Å²) in [6.07, 6.45) is 4.22. The third-order valence-electron chi connectivity index (χ3n) is 3.03. The summed E-state index contributed by atoms with van der Waals surface area (Å²) in [6.45, 7) is 9.41. The van der Waals surface area contributed by atoms with Crippen LogP contribution >= 0.6 is 0 Å². The van der Waals surface area contributed by atoms with Crippen molar-refractivity contribution in [2.24, 2.45) is 0 Å². The summed E-state index contributed by atoms with van der Waals surface area (Å²) < 4.78 is 25.7. The second-order valence-corrected chi connectivity index (χ2v) is 7.22. The van der Waals surface area contributed by atoms with Crippen LogP contribution in [0.3, 0.4) is 0 Å². The first kappa shape index (κ1) is 15.7. The smallest absolute Gasteiger partial charge is 0.214 e. The molecule has 0 saturated heterocycles. The molecule has 0 unspecified atom stereocenters. The summed E-state index contributed by atoms with van der Waals surface area (Å²) in [5.41, 5.74) is 0.885. The second-order valence-electron chi connectivity index (χ2n) is 5.13. The lowest BCUT2D eigenvalue weighted by molar-refractivity contribution is 0.450. The Balaban J connectivity index is 2.24. The highest BCUT2D eigenvalue weighted by molar-refractivity contribution is 7.89. The van der Waals surface area contributed by atoms with E-state index in [0.29, 0.717) is 19.1 Å². The van der Waals surface area contributed by atoms with Crippen LogP contribution in [0.15, 0.2) is 12.2 Å². The average Bonchev–Trinajstić information content (AvgIpc) is 3.08. The highest BCUT2D eigenvalue weighted by Gasteiger charge is 2.21. The average molecular weight is 274 g/mol. The van der Waals surface area contributed by atoms with E-state index in [9.17, 15) is 8.42 Å². The SMILES string of the molecule is C=C(C)CN(CC)S(=O)(=O)CCCCNC1CC1. The molecule has 1 fully saturated rings. The lowest BCUT2D eigenvalue weighted by Gasteiger charge is -2.20. The number of rotatable bonds is 10. The zero-order valence-corrected chi connectivity index (χ0v) is 12.4. The molecule has 1 rings (SSSR count). The Hall–Kier alpha value is -0.390. The van der Waals surface area contributed by atoms with Crippen LogP contribution < -0.4 is 5.32 Å². The molecule has 0 amide bonds. The molecule has 0 aliphatic heterocycles. The van der Waals surface area contributed by atoms with Crippen LogP contribution in [0.25, 0.3) is 0 Å². The molecule has 18 heavy (non-hydrogen) atoms. The van der Waals surface area contributed by atoms with E-state index in [1.807, 2.05) is 13.8 Å². The largest absolute Gasteiger partial charge is 0.314 e.